The van der Waals surface area contributed by atoms with Gasteiger partial charge in [0.15, 0.2) is 0 Å². The average Bonchev–Trinajstić information content (AvgIpc) is 3.11. The number of sulfonamides is 1. The molecule has 1 radical (unpaired) electrons. The maximum atomic E-state index is 14.1. The van der Waals surface area contributed by atoms with E-state index >= 15 is 0 Å². The monoisotopic (exact) mass is 715 g/mol. The van der Waals surface area contributed by atoms with Crippen LogP contribution in [0.1, 0.15) is 28.3 Å². The summed E-state index contributed by atoms with van der Waals surface area (Å²) in [7, 11) is -4.01. The summed E-state index contributed by atoms with van der Waals surface area (Å²) in [5, 5.41) is 18.2. The topological polar surface area (TPSA) is 154 Å². The smallest absolute Gasteiger partial charge is 0.273 e. The van der Waals surface area contributed by atoms with Crippen molar-refractivity contribution in [2.75, 3.05) is 35.8 Å². The van der Waals surface area contributed by atoms with Crippen LogP contribution in [0, 0.1) is 16.7 Å². The van der Waals surface area contributed by atoms with Crippen LogP contribution in [0.2, 0.25) is 5.02 Å². The molecule has 0 aliphatic carbocycles. The zero-order valence-electron chi connectivity index (χ0n) is 27.0. The first kappa shape index (κ1) is 34.9. The minimum absolute atomic E-state index is 0.0801. The molecule has 14 heteroatoms. The summed E-state index contributed by atoms with van der Waals surface area (Å²) in [5.74, 6) is -1.09. The van der Waals surface area contributed by atoms with Crippen molar-refractivity contribution in [3.63, 3.8) is 0 Å². The van der Waals surface area contributed by atoms with Crippen LogP contribution >= 0.6 is 11.6 Å². The van der Waals surface area contributed by atoms with E-state index in [1.165, 1.54) is 18.2 Å². The molecule has 0 aromatic heterocycles. The van der Waals surface area contributed by atoms with Gasteiger partial charge in [-0.15, -0.1) is 0 Å². The first-order valence-electron chi connectivity index (χ1n) is 16.1. The molecule has 2 aliphatic heterocycles. The highest BCUT2D eigenvalue weighted by molar-refractivity contribution is 7.91. The summed E-state index contributed by atoms with van der Waals surface area (Å²) >= 11 is 6.11. The molecule has 2 aliphatic rings. The highest BCUT2D eigenvalue weighted by Gasteiger charge is 2.33. The van der Waals surface area contributed by atoms with E-state index in [-0.39, 0.29) is 29.5 Å². The maximum Gasteiger partial charge on any atom is 0.273 e. The van der Waals surface area contributed by atoms with Crippen molar-refractivity contribution in [1.82, 2.24) is 15.5 Å². The molecule has 1 unspecified atom stereocenters. The maximum absolute atomic E-state index is 14.1. The van der Waals surface area contributed by atoms with Crippen LogP contribution in [0.15, 0.2) is 97.1 Å². The van der Waals surface area contributed by atoms with Crippen LogP contribution in [0.5, 0.6) is 0 Å². The lowest BCUT2D eigenvalue weighted by Crippen LogP contribution is -2.56. The van der Waals surface area contributed by atoms with Gasteiger partial charge in [-0.25, -0.2) is 8.42 Å². The number of nitro groups is 1. The first-order valence-corrected chi connectivity index (χ1v) is 18.2. The molecular formula is C36H36ClN6O6S. The van der Waals surface area contributed by atoms with Gasteiger partial charge in [0.2, 0.25) is 21.8 Å². The average molecular weight is 716 g/mol. The Bertz CT molecular complexity index is 1990. The zero-order chi connectivity index (χ0) is 35.3. The SMILES string of the molecule is O=C(N[C@H](Cc1ccc(Cl)cc1)C(=O)N1CCN(c2ccccc2NS(=O)(=O)Cc2ccccc2[N+](=O)[O-])CC1)C1N[CH]Cc2ccccc21. The number of anilines is 2. The lowest BCUT2D eigenvalue weighted by molar-refractivity contribution is -0.385. The predicted molar refractivity (Wildman–Crippen MR) is 192 cm³/mol. The molecule has 1 fully saturated rings. The lowest BCUT2D eigenvalue weighted by atomic mass is 9.93. The molecule has 3 N–H and O–H groups in total. The number of carbonyl (C=O) groups is 2. The van der Waals surface area contributed by atoms with Crippen LogP contribution in [0.3, 0.4) is 0 Å². The highest BCUT2D eigenvalue weighted by Crippen LogP contribution is 2.30. The molecule has 2 amide bonds. The molecule has 50 heavy (non-hydrogen) atoms. The Hall–Kier alpha value is -4.98. The second-order valence-corrected chi connectivity index (χ2v) is 14.3. The number of amides is 2. The Kier molecular flexibility index (Phi) is 10.7. The van der Waals surface area contributed by atoms with Gasteiger partial charge in [-0.1, -0.05) is 78.3 Å². The fourth-order valence-electron chi connectivity index (χ4n) is 6.35. The fourth-order valence-corrected chi connectivity index (χ4v) is 7.71. The molecule has 1 saturated heterocycles. The zero-order valence-corrected chi connectivity index (χ0v) is 28.6. The number of nitrogens with zero attached hydrogens (tertiary/aromatic N) is 3. The first-order chi connectivity index (χ1) is 24.1. The van der Waals surface area contributed by atoms with Gasteiger partial charge in [0, 0.05) is 55.8 Å². The standard InChI is InChI=1S/C36H36ClN6O6S/c37-28-15-13-25(14-16-28)23-31(39-35(44)34-29-9-3-1-7-26(29)17-18-38-34)36(45)42-21-19-41(20-22-42)33-12-6-4-10-30(33)40-50(48,49)24-27-8-2-5-11-32(27)43(46)47/h1-16,18,31,34,38,40H,17,19-24H2,(H,39,44)/t31-,34?/m1/s1. The summed E-state index contributed by atoms with van der Waals surface area (Å²) < 4.78 is 29.0. The van der Waals surface area contributed by atoms with Gasteiger partial charge in [0.05, 0.1) is 16.3 Å². The number of benzene rings is 4. The van der Waals surface area contributed by atoms with Crippen LogP contribution in [0.4, 0.5) is 17.1 Å². The van der Waals surface area contributed by atoms with E-state index < -0.39 is 32.8 Å². The molecule has 0 spiro atoms. The lowest BCUT2D eigenvalue weighted by Gasteiger charge is -2.38. The van der Waals surface area contributed by atoms with Crippen molar-refractivity contribution in [2.24, 2.45) is 0 Å². The third kappa shape index (κ3) is 8.24. The number of rotatable bonds is 11. The van der Waals surface area contributed by atoms with Gasteiger partial charge < -0.3 is 15.1 Å². The molecule has 0 saturated carbocycles. The number of carbonyl (C=O) groups excluding carboxylic acids is 2. The highest BCUT2D eigenvalue weighted by atomic mass is 35.5. The van der Waals surface area contributed by atoms with E-state index in [9.17, 15) is 28.1 Å². The predicted octanol–water partition coefficient (Wildman–Crippen LogP) is 4.61. The van der Waals surface area contributed by atoms with Crippen LogP contribution in [-0.2, 0) is 38.2 Å². The number of hydrogen-bond acceptors (Lipinski definition) is 8. The second-order valence-electron chi connectivity index (χ2n) is 12.2. The molecule has 4 aromatic rings. The molecule has 4 aromatic carbocycles. The van der Waals surface area contributed by atoms with Crippen LogP contribution in [0.25, 0.3) is 0 Å². The van der Waals surface area contributed by atoms with E-state index in [2.05, 4.69) is 15.4 Å². The Morgan fingerprint density at radius 3 is 2.36 bits per heavy atom. The Labute approximate surface area is 295 Å². The van der Waals surface area contributed by atoms with E-state index in [1.54, 1.807) is 47.4 Å². The van der Waals surface area contributed by atoms with E-state index in [1.807, 2.05) is 47.8 Å². The minimum Gasteiger partial charge on any atom is -0.366 e. The Morgan fingerprint density at radius 2 is 1.60 bits per heavy atom. The number of halogens is 1. The van der Waals surface area contributed by atoms with Crippen molar-refractivity contribution in [1.29, 1.82) is 0 Å². The normalized spacial score (nSPS) is 16.6. The van der Waals surface area contributed by atoms with Crippen molar-refractivity contribution < 1.29 is 22.9 Å². The van der Waals surface area contributed by atoms with E-state index in [0.717, 1.165) is 16.7 Å². The van der Waals surface area contributed by atoms with Crippen molar-refractivity contribution in [3.05, 3.63) is 141 Å². The second kappa shape index (κ2) is 15.3. The molecule has 0 bridgehead atoms. The summed E-state index contributed by atoms with van der Waals surface area (Å²) in [6.07, 6.45) is 0.960. The molecular weight excluding hydrogens is 680 g/mol. The van der Waals surface area contributed by atoms with Gasteiger partial charge in [0.25, 0.3) is 5.69 Å². The van der Waals surface area contributed by atoms with Gasteiger partial charge in [-0.2, -0.15) is 0 Å². The van der Waals surface area contributed by atoms with E-state index in [0.29, 0.717) is 49.0 Å². The third-order valence-electron chi connectivity index (χ3n) is 8.84. The summed E-state index contributed by atoms with van der Waals surface area (Å²) in [6, 6.07) is 26.1. The molecule has 2 atom stereocenters. The van der Waals surface area contributed by atoms with Crippen molar-refractivity contribution >= 4 is 50.5 Å². The Morgan fingerprint density at radius 1 is 0.920 bits per heavy atom. The van der Waals surface area contributed by atoms with Crippen LogP contribution in [-0.4, -0.2) is 62.3 Å². The van der Waals surface area contributed by atoms with Gasteiger partial charge in [-0.3, -0.25) is 29.7 Å². The fraction of sp³-hybridized carbons (Fsp3) is 0.250. The van der Waals surface area contributed by atoms with E-state index in [4.69, 9.17) is 11.6 Å². The third-order valence-corrected chi connectivity index (χ3v) is 10.3. The number of nitrogens with one attached hydrogen (secondary N) is 3. The Balaban J connectivity index is 1.15. The summed E-state index contributed by atoms with van der Waals surface area (Å²) in [4.78, 5) is 42.3. The van der Waals surface area contributed by atoms with Gasteiger partial charge in [-0.05, 0) is 47.4 Å². The van der Waals surface area contributed by atoms with Crippen LogP contribution < -0.4 is 20.3 Å². The van der Waals surface area contributed by atoms with Gasteiger partial charge in [0.1, 0.15) is 17.8 Å². The molecule has 259 valence electrons. The molecule has 2 heterocycles. The number of para-hydroxylation sites is 3. The number of piperazine rings is 1. The number of nitro benzene ring substituents is 1. The van der Waals surface area contributed by atoms with Gasteiger partial charge >= 0.3 is 0 Å². The number of hydrogen-bond donors (Lipinski definition) is 3. The largest absolute Gasteiger partial charge is 0.366 e. The summed E-state index contributed by atoms with van der Waals surface area (Å²) in [5.41, 5.74) is 3.53. The quantitative estimate of drug-likeness (QED) is 0.150. The molecule has 6 rings (SSSR count). The molecule has 12 nitrogen and oxygen atoms in total. The number of fused-ring (bicyclic) bond motifs is 1. The summed E-state index contributed by atoms with van der Waals surface area (Å²) in [6.45, 7) is 3.33. The minimum atomic E-state index is -4.01. The van der Waals surface area contributed by atoms with Crippen molar-refractivity contribution in [3.8, 4) is 0 Å². The van der Waals surface area contributed by atoms with Crippen molar-refractivity contribution in [2.45, 2.75) is 30.7 Å².